The fraction of sp³-hybridized carbons (Fsp3) is 0.0952. The molecule has 0 saturated carbocycles. The average molecular weight is 541 g/mol. The molecule has 0 aliphatic carbocycles. The lowest BCUT2D eigenvalue weighted by molar-refractivity contribution is 0.102. The molecule has 0 atom stereocenters. The van der Waals surface area contributed by atoms with Crippen LogP contribution >= 0.6 is 34.2 Å². The van der Waals surface area contributed by atoms with Crippen molar-refractivity contribution >= 4 is 61.5 Å². The molecule has 0 aromatic heterocycles. The lowest BCUT2D eigenvalue weighted by Gasteiger charge is -2.22. The Morgan fingerprint density at radius 2 is 1.69 bits per heavy atom. The molecule has 3 aromatic rings. The zero-order valence-electron chi connectivity index (χ0n) is 15.5. The van der Waals surface area contributed by atoms with E-state index in [1.165, 1.54) is 4.31 Å². The minimum Gasteiger partial charge on any atom is -0.322 e. The highest BCUT2D eigenvalue weighted by atomic mass is 127. The highest BCUT2D eigenvalue weighted by Crippen LogP contribution is 2.24. The van der Waals surface area contributed by atoms with E-state index in [0.29, 0.717) is 22.0 Å². The van der Waals surface area contributed by atoms with Gasteiger partial charge in [-0.2, -0.15) is 0 Å². The van der Waals surface area contributed by atoms with Gasteiger partial charge in [0.1, 0.15) is 0 Å². The molecule has 0 unspecified atom stereocenters. The summed E-state index contributed by atoms with van der Waals surface area (Å²) in [5, 5.41) is 3.30. The summed E-state index contributed by atoms with van der Waals surface area (Å²) in [5.74, 6) is -0.229. The third-order valence-electron chi connectivity index (χ3n) is 4.14. The van der Waals surface area contributed by atoms with Crippen LogP contribution in [0.4, 0.5) is 11.4 Å². The zero-order chi connectivity index (χ0) is 21.0. The smallest absolute Gasteiger partial charge is 0.255 e. The molecule has 3 rings (SSSR count). The van der Waals surface area contributed by atoms with Crippen molar-refractivity contribution in [1.82, 2.24) is 0 Å². The van der Waals surface area contributed by atoms with Gasteiger partial charge >= 0.3 is 0 Å². The molecular formula is C21H18ClIN2O3S. The Morgan fingerprint density at radius 1 is 1.03 bits per heavy atom. The molecule has 0 heterocycles. The van der Waals surface area contributed by atoms with Crippen LogP contribution in [0, 0.1) is 3.57 Å². The third-order valence-corrected chi connectivity index (χ3v) is 6.24. The van der Waals surface area contributed by atoms with Crippen molar-refractivity contribution in [3.63, 3.8) is 0 Å². The van der Waals surface area contributed by atoms with Crippen molar-refractivity contribution in [3.05, 3.63) is 92.5 Å². The van der Waals surface area contributed by atoms with E-state index in [9.17, 15) is 13.2 Å². The quantitative estimate of drug-likeness (QED) is 0.439. The number of hydrogen-bond donors (Lipinski definition) is 1. The molecule has 150 valence electrons. The number of halogens is 2. The molecule has 3 aromatic carbocycles. The normalized spacial score (nSPS) is 11.1. The van der Waals surface area contributed by atoms with Crippen molar-refractivity contribution in [1.29, 1.82) is 0 Å². The van der Waals surface area contributed by atoms with Gasteiger partial charge in [0.15, 0.2) is 0 Å². The lowest BCUT2D eigenvalue weighted by Crippen LogP contribution is -2.29. The highest BCUT2D eigenvalue weighted by Gasteiger charge is 2.18. The second-order valence-electron chi connectivity index (χ2n) is 6.41. The van der Waals surface area contributed by atoms with Gasteiger partial charge in [-0.3, -0.25) is 9.10 Å². The van der Waals surface area contributed by atoms with Crippen LogP contribution in [0.15, 0.2) is 72.8 Å². The standard InChI is InChI=1S/C21H18ClIN2O3S/c1-29(27,28)25(20-4-2-3-17(22)13-20)14-15-5-7-16(8-6-15)21(26)24-19-11-9-18(23)10-12-19/h2-13H,14H2,1H3,(H,24,26). The summed E-state index contributed by atoms with van der Waals surface area (Å²) in [6.45, 7) is 0.137. The molecule has 0 saturated heterocycles. The molecule has 0 bridgehead atoms. The minimum absolute atomic E-state index is 0.137. The van der Waals surface area contributed by atoms with Crippen molar-refractivity contribution in [2.45, 2.75) is 6.54 Å². The van der Waals surface area contributed by atoms with Crippen LogP contribution in [0.1, 0.15) is 15.9 Å². The van der Waals surface area contributed by atoms with Gasteiger partial charge in [-0.25, -0.2) is 8.42 Å². The van der Waals surface area contributed by atoms with Gasteiger partial charge < -0.3 is 5.32 Å². The van der Waals surface area contributed by atoms with Gasteiger partial charge in [-0.1, -0.05) is 29.8 Å². The van der Waals surface area contributed by atoms with Crippen LogP contribution < -0.4 is 9.62 Å². The van der Waals surface area contributed by atoms with Crippen LogP contribution in [0.2, 0.25) is 5.02 Å². The first-order valence-electron chi connectivity index (χ1n) is 8.61. The summed E-state index contributed by atoms with van der Waals surface area (Å²) in [7, 11) is -3.51. The summed E-state index contributed by atoms with van der Waals surface area (Å²) < 4.78 is 26.9. The highest BCUT2D eigenvalue weighted by molar-refractivity contribution is 14.1. The Balaban J connectivity index is 1.76. The van der Waals surface area contributed by atoms with Gasteiger partial charge in [0.05, 0.1) is 18.5 Å². The van der Waals surface area contributed by atoms with Gasteiger partial charge in [0.25, 0.3) is 5.91 Å². The number of amides is 1. The Bertz CT molecular complexity index is 1120. The number of benzene rings is 3. The fourth-order valence-corrected chi connectivity index (χ4v) is 4.12. The van der Waals surface area contributed by atoms with Gasteiger partial charge in [-0.05, 0) is 82.8 Å². The number of carbonyl (C=O) groups is 1. The molecule has 1 N–H and O–H groups in total. The van der Waals surface area contributed by atoms with Gasteiger partial charge in [0, 0.05) is 19.8 Å². The van der Waals surface area contributed by atoms with Crippen LogP contribution in [0.5, 0.6) is 0 Å². The van der Waals surface area contributed by atoms with E-state index in [-0.39, 0.29) is 12.5 Å². The Labute approximate surface area is 188 Å². The first-order valence-corrected chi connectivity index (χ1v) is 11.9. The second kappa shape index (κ2) is 9.15. The molecule has 1 amide bonds. The van der Waals surface area contributed by atoms with Gasteiger partial charge in [-0.15, -0.1) is 0 Å². The summed E-state index contributed by atoms with van der Waals surface area (Å²) in [5.41, 5.74) is 2.44. The van der Waals surface area contributed by atoms with Crippen molar-refractivity contribution < 1.29 is 13.2 Å². The summed E-state index contributed by atoms with van der Waals surface area (Å²) in [6, 6.07) is 21.0. The predicted octanol–water partition coefficient (Wildman–Crippen LogP) is 5.16. The van der Waals surface area contributed by atoms with E-state index in [1.807, 2.05) is 24.3 Å². The van der Waals surface area contributed by atoms with E-state index in [2.05, 4.69) is 27.9 Å². The van der Waals surface area contributed by atoms with Crippen molar-refractivity contribution in [2.75, 3.05) is 15.9 Å². The minimum atomic E-state index is -3.51. The second-order valence-corrected chi connectivity index (χ2v) is 10.00. The Kier molecular flexibility index (Phi) is 6.81. The van der Waals surface area contributed by atoms with Crippen LogP contribution in [0.25, 0.3) is 0 Å². The average Bonchev–Trinajstić information content (AvgIpc) is 2.67. The summed E-state index contributed by atoms with van der Waals surface area (Å²) in [4.78, 5) is 12.4. The van der Waals surface area contributed by atoms with Crippen LogP contribution in [-0.2, 0) is 16.6 Å². The van der Waals surface area contributed by atoms with Crippen molar-refractivity contribution in [3.8, 4) is 0 Å². The molecule has 0 aliphatic rings. The van der Waals surface area contributed by atoms with Gasteiger partial charge in [0.2, 0.25) is 10.0 Å². The lowest BCUT2D eigenvalue weighted by atomic mass is 10.1. The first-order chi connectivity index (χ1) is 13.7. The third kappa shape index (κ3) is 5.94. The van der Waals surface area contributed by atoms with Crippen LogP contribution in [0.3, 0.4) is 0 Å². The molecule has 29 heavy (non-hydrogen) atoms. The van der Waals surface area contributed by atoms with E-state index in [1.54, 1.807) is 48.5 Å². The zero-order valence-corrected chi connectivity index (χ0v) is 19.2. The monoisotopic (exact) mass is 540 g/mol. The number of rotatable bonds is 6. The molecule has 5 nitrogen and oxygen atoms in total. The van der Waals surface area contributed by atoms with Crippen molar-refractivity contribution in [2.24, 2.45) is 0 Å². The number of carbonyl (C=O) groups excluding carboxylic acids is 1. The van der Waals surface area contributed by atoms with E-state index >= 15 is 0 Å². The number of sulfonamides is 1. The number of hydrogen-bond acceptors (Lipinski definition) is 3. The molecule has 0 aliphatic heterocycles. The molecule has 0 fully saturated rings. The maximum Gasteiger partial charge on any atom is 0.255 e. The molecule has 8 heteroatoms. The number of anilines is 2. The SMILES string of the molecule is CS(=O)(=O)N(Cc1ccc(C(=O)Nc2ccc(I)cc2)cc1)c1cccc(Cl)c1. The van der Waals surface area contributed by atoms with E-state index in [4.69, 9.17) is 11.6 Å². The largest absolute Gasteiger partial charge is 0.322 e. The molecule has 0 radical (unpaired) electrons. The van der Waals surface area contributed by atoms with E-state index in [0.717, 1.165) is 15.4 Å². The molecular weight excluding hydrogens is 523 g/mol. The number of nitrogens with zero attached hydrogens (tertiary/aromatic N) is 1. The Hall–Kier alpha value is -2.10. The topological polar surface area (TPSA) is 66.5 Å². The van der Waals surface area contributed by atoms with Crippen LogP contribution in [-0.4, -0.2) is 20.6 Å². The Morgan fingerprint density at radius 3 is 2.28 bits per heavy atom. The molecule has 0 spiro atoms. The summed E-state index contributed by atoms with van der Waals surface area (Å²) in [6.07, 6.45) is 1.15. The first kappa shape index (κ1) is 21.6. The summed E-state index contributed by atoms with van der Waals surface area (Å²) >= 11 is 8.21. The number of nitrogens with one attached hydrogen (secondary N) is 1. The maximum absolute atomic E-state index is 12.4. The fourth-order valence-electron chi connectivity index (χ4n) is 2.70. The predicted molar refractivity (Wildman–Crippen MR) is 126 cm³/mol. The van der Waals surface area contributed by atoms with E-state index < -0.39 is 10.0 Å². The maximum atomic E-state index is 12.4.